The van der Waals surface area contributed by atoms with Crippen LogP contribution in [0.3, 0.4) is 0 Å². The zero-order valence-electron chi connectivity index (χ0n) is 11.7. The van der Waals surface area contributed by atoms with Crippen LogP contribution in [0.1, 0.15) is 53.9 Å². The molecule has 0 unspecified atom stereocenters. The lowest BCUT2D eigenvalue weighted by Gasteiger charge is -2.35. The van der Waals surface area contributed by atoms with E-state index in [2.05, 4.69) is 19.2 Å². The Labute approximate surface area is 104 Å². The van der Waals surface area contributed by atoms with Gasteiger partial charge in [-0.25, -0.2) is 4.79 Å². The number of carbonyl (C=O) groups excluding carboxylic acids is 1. The van der Waals surface area contributed by atoms with Gasteiger partial charge in [-0.1, -0.05) is 13.8 Å². The van der Waals surface area contributed by atoms with Gasteiger partial charge in [0.1, 0.15) is 5.60 Å². The molecular weight excluding hydrogens is 216 g/mol. The second-order valence-electron chi connectivity index (χ2n) is 6.63. The van der Waals surface area contributed by atoms with E-state index < -0.39 is 5.60 Å². The molecule has 3 N–H and O–H groups in total. The van der Waals surface area contributed by atoms with Crippen molar-refractivity contribution in [2.45, 2.75) is 65.0 Å². The molecule has 1 rings (SSSR count). The molecule has 1 fully saturated rings. The Hall–Kier alpha value is -0.770. The first-order valence-corrected chi connectivity index (χ1v) is 6.33. The van der Waals surface area contributed by atoms with Crippen molar-refractivity contribution >= 4 is 6.09 Å². The van der Waals surface area contributed by atoms with E-state index in [0.717, 1.165) is 19.3 Å². The van der Waals surface area contributed by atoms with Crippen molar-refractivity contribution in [3.05, 3.63) is 0 Å². The summed E-state index contributed by atoms with van der Waals surface area (Å²) < 4.78 is 5.31. The topological polar surface area (TPSA) is 64.3 Å². The zero-order chi connectivity index (χ0) is 13.3. The third-order valence-electron chi connectivity index (χ3n) is 3.56. The van der Waals surface area contributed by atoms with Crippen molar-refractivity contribution in [3.63, 3.8) is 0 Å². The molecular formula is C13H26N2O2. The number of carbonyl (C=O) groups is 1. The van der Waals surface area contributed by atoms with Crippen LogP contribution >= 0.6 is 0 Å². The minimum Gasteiger partial charge on any atom is -0.444 e. The molecule has 0 atom stereocenters. The zero-order valence-corrected chi connectivity index (χ0v) is 11.7. The van der Waals surface area contributed by atoms with E-state index in [1.807, 2.05) is 20.8 Å². The molecule has 0 aromatic carbocycles. The highest BCUT2D eigenvalue weighted by molar-refractivity contribution is 5.69. The fraction of sp³-hybridized carbons (Fsp3) is 0.923. The van der Waals surface area contributed by atoms with Crippen LogP contribution in [0, 0.1) is 5.41 Å². The summed E-state index contributed by atoms with van der Waals surface area (Å²) in [6, 6.07) is 0. The van der Waals surface area contributed by atoms with Crippen LogP contribution in [0.15, 0.2) is 0 Å². The number of amides is 1. The lowest BCUT2D eigenvalue weighted by molar-refractivity contribution is 0.0433. The molecule has 4 heteroatoms. The molecule has 0 aromatic rings. The first-order chi connectivity index (χ1) is 7.62. The third kappa shape index (κ3) is 3.60. The average molecular weight is 242 g/mol. The molecule has 0 heterocycles. The van der Waals surface area contributed by atoms with E-state index in [9.17, 15) is 4.79 Å². The standard InChI is InChI=1S/C13H26N2O2/c1-11(2,3)17-10(16)15-13(6-7-13)12(4,5)8-9-14/h6-9,14H2,1-5H3,(H,15,16). The molecule has 0 radical (unpaired) electrons. The maximum absolute atomic E-state index is 11.8. The maximum atomic E-state index is 11.8. The van der Waals surface area contributed by atoms with Gasteiger partial charge in [0.2, 0.25) is 0 Å². The summed E-state index contributed by atoms with van der Waals surface area (Å²) in [5.41, 5.74) is 5.09. The molecule has 0 aromatic heterocycles. The van der Waals surface area contributed by atoms with Crippen molar-refractivity contribution in [3.8, 4) is 0 Å². The number of rotatable bonds is 4. The lowest BCUT2D eigenvalue weighted by atomic mass is 9.79. The number of ether oxygens (including phenoxy) is 1. The van der Waals surface area contributed by atoms with E-state index in [1.165, 1.54) is 0 Å². The van der Waals surface area contributed by atoms with Gasteiger partial charge < -0.3 is 15.8 Å². The normalized spacial score (nSPS) is 18.7. The Morgan fingerprint density at radius 1 is 1.29 bits per heavy atom. The lowest BCUT2D eigenvalue weighted by Crippen LogP contribution is -2.49. The largest absolute Gasteiger partial charge is 0.444 e. The van der Waals surface area contributed by atoms with Crippen molar-refractivity contribution in [2.75, 3.05) is 6.54 Å². The fourth-order valence-electron chi connectivity index (χ4n) is 2.20. The second-order valence-corrected chi connectivity index (χ2v) is 6.63. The van der Waals surface area contributed by atoms with Gasteiger partial charge in [-0.2, -0.15) is 0 Å². The molecule has 0 bridgehead atoms. The Bertz CT molecular complexity index is 288. The predicted octanol–water partition coefficient (Wildman–Crippen LogP) is 2.42. The molecule has 0 saturated heterocycles. The number of hydrogen-bond donors (Lipinski definition) is 2. The van der Waals surface area contributed by atoms with Crippen LogP contribution in [-0.4, -0.2) is 23.8 Å². The summed E-state index contributed by atoms with van der Waals surface area (Å²) >= 11 is 0. The Morgan fingerprint density at radius 3 is 2.18 bits per heavy atom. The van der Waals surface area contributed by atoms with Crippen LogP contribution in [-0.2, 0) is 4.74 Å². The minimum absolute atomic E-state index is 0.0264. The summed E-state index contributed by atoms with van der Waals surface area (Å²) in [5, 5.41) is 3.03. The quantitative estimate of drug-likeness (QED) is 0.795. The van der Waals surface area contributed by atoms with Crippen molar-refractivity contribution < 1.29 is 9.53 Å². The van der Waals surface area contributed by atoms with E-state index in [4.69, 9.17) is 10.5 Å². The summed E-state index contributed by atoms with van der Waals surface area (Å²) in [6.45, 7) is 10.6. The van der Waals surface area contributed by atoms with Gasteiger partial charge in [0.05, 0.1) is 0 Å². The molecule has 0 aliphatic heterocycles. The van der Waals surface area contributed by atoms with E-state index in [1.54, 1.807) is 0 Å². The van der Waals surface area contributed by atoms with Crippen molar-refractivity contribution in [1.29, 1.82) is 0 Å². The second kappa shape index (κ2) is 4.48. The van der Waals surface area contributed by atoms with Crippen LogP contribution in [0.4, 0.5) is 4.79 Å². The molecule has 0 spiro atoms. The van der Waals surface area contributed by atoms with Gasteiger partial charge in [-0.05, 0) is 52.0 Å². The highest BCUT2D eigenvalue weighted by atomic mass is 16.6. The predicted molar refractivity (Wildman–Crippen MR) is 68.8 cm³/mol. The summed E-state index contributed by atoms with van der Waals surface area (Å²) in [4.78, 5) is 11.8. The van der Waals surface area contributed by atoms with E-state index in [0.29, 0.717) is 6.54 Å². The number of alkyl carbamates (subject to hydrolysis) is 1. The van der Waals surface area contributed by atoms with Gasteiger partial charge in [-0.3, -0.25) is 0 Å². The third-order valence-corrected chi connectivity index (χ3v) is 3.56. The fourth-order valence-corrected chi connectivity index (χ4v) is 2.20. The Balaban J connectivity index is 2.59. The first-order valence-electron chi connectivity index (χ1n) is 6.33. The number of nitrogens with one attached hydrogen (secondary N) is 1. The minimum atomic E-state index is -0.446. The van der Waals surface area contributed by atoms with Crippen LogP contribution in [0.25, 0.3) is 0 Å². The number of hydrogen-bond acceptors (Lipinski definition) is 3. The Kier molecular flexibility index (Phi) is 3.77. The van der Waals surface area contributed by atoms with Gasteiger partial charge in [0, 0.05) is 5.54 Å². The van der Waals surface area contributed by atoms with Gasteiger partial charge in [0.15, 0.2) is 0 Å². The molecule has 1 amide bonds. The summed E-state index contributed by atoms with van der Waals surface area (Å²) in [5.74, 6) is 0. The average Bonchev–Trinajstić information content (AvgIpc) is 2.81. The summed E-state index contributed by atoms with van der Waals surface area (Å²) in [7, 11) is 0. The molecule has 100 valence electrons. The van der Waals surface area contributed by atoms with E-state index in [-0.39, 0.29) is 17.0 Å². The molecule has 1 aliphatic carbocycles. The molecule has 1 aliphatic rings. The Morgan fingerprint density at radius 2 is 1.82 bits per heavy atom. The van der Waals surface area contributed by atoms with Gasteiger partial charge in [0.25, 0.3) is 0 Å². The molecule has 4 nitrogen and oxygen atoms in total. The van der Waals surface area contributed by atoms with Gasteiger partial charge in [-0.15, -0.1) is 0 Å². The summed E-state index contributed by atoms with van der Waals surface area (Å²) in [6.07, 6.45) is 2.61. The maximum Gasteiger partial charge on any atom is 0.408 e. The van der Waals surface area contributed by atoms with Crippen molar-refractivity contribution in [1.82, 2.24) is 5.32 Å². The van der Waals surface area contributed by atoms with Crippen LogP contribution < -0.4 is 11.1 Å². The highest BCUT2D eigenvalue weighted by Crippen LogP contribution is 2.51. The van der Waals surface area contributed by atoms with Crippen LogP contribution in [0.5, 0.6) is 0 Å². The SMILES string of the molecule is CC(C)(C)OC(=O)NC1(C(C)(C)CCN)CC1. The smallest absolute Gasteiger partial charge is 0.408 e. The van der Waals surface area contributed by atoms with E-state index >= 15 is 0 Å². The van der Waals surface area contributed by atoms with Crippen LogP contribution in [0.2, 0.25) is 0 Å². The molecule has 17 heavy (non-hydrogen) atoms. The number of nitrogens with two attached hydrogens (primary N) is 1. The van der Waals surface area contributed by atoms with Gasteiger partial charge >= 0.3 is 6.09 Å². The first kappa shape index (κ1) is 14.3. The molecule has 1 saturated carbocycles. The van der Waals surface area contributed by atoms with Crippen molar-refractivity contribution in [2.24, 2.45) is 11.1 Å². The highest BCUT2D eigenvalue weighted by Gasteiger charge is 2.55. The monoisotopic (exact) mass is 242 g/mol.